The fourth-order valence-corrected chi connectivity index (χ4v) is 2.86. The van der Waals surface area contributed by atoms with E-state index in [1.807, 2.05) is 0 Å². The number of hydrogen-bond donors (Lipinski definition) is 3. The molecular weight excluding hydrogens is 310 g/mol. The van der Waals surface area contributed by atoms with E-state index < -0.39 is 11.9 Å². The quantitative estimate of drug-likeness (QED) is 0.679. The van der Waals surface area contributed by atoms with Gasteiger partial charge in [0, 0.05) is 19.4 Å². The van der Waals surface area contributed by atoms with Crippen molar-refractivity contribution in [2.24, 2.45) is 5.92 Å². The van der Waals surface area contributed by atoms with Crippen molar-refractivity contribution in [2.45, 2.75) is 38.1 Å². The lowest BCUT2D eigenvalue weighted by atomic mass is 9.83. The molecule has 0 spiro atoms. The van der Waals surface area contributed by atoms with Crippen LogP contribution in [0.3, 0.4) is 0 Å². The van der Waals surface area contributed by atoms with Crippen molar-refractivity contribution in [3.05, 3.63) is 24.3 Å². The Balaban J connectivity index is 2.05. The second-order valence-corrected chi connectivity index (χ2v) is 5.83. The lowest BCUT2D eigenvalue weighted by Crippen LogP contribution is -2.52. The van der Waals surface area contributed by atoms with E-state index in [9.17, 15) is 14.4 Å². The van der Waals surface area contributed by atoms with Crippen LogP contribution in [0.2, 0.25) is 0 Å². The summed E-state index contributed by atoms with van der Waals surface area (Å²) in [7, 11) is 1.50. The molecule has 2 rings (SSSR count). The van der Waals surface area contributed by atoms with Crippen LogP contribution in [0.5, 0.6) is 0 Å². The minimum Gasteiger partial charge on any atom is -0.358 e. The first kappa shape index (κ1) is 17.8. The van der Waals surface area contributed by atoms with Crippen LogP contribution in [0, 0.1) is 5.92 Å². The van der Waals surface area contributed by atoms with Crippen LogP contribution in [-0.2, 0) is 9.59 Å². The summed E-state index contributed by atoms with van der Waals surface area (Å²) < 4.78 is 0. The molecule has 24 heavy (non-hydrogen) atoms. The van der Waals surface area contributed by atoms with Crippen molar-refractivity contribution in [1.82, 2.24) is 25.9 Å². The normalized spacial score (nSPS) is 16.0. The number of hydrogen-bond acceptors (Lipinski definition) is 5. The molecule has 1 aromatic heterocycles. The van der Waals surface area contributed by atoms with Gasteiger partial charge in [0.25, 0.3) is 5.91 Å². The molecule has 3 amide bonds. The molecule has 1 fully saturated rings. The Kier molecular flexibility index (Phi) is 6.65. The van der Waals surface area contributed by atoms with Crippen molar-refractivity contribution >= 4 is 17.7 Å². The number of carbonyl (C=O) groups excluding carboxylic acids is 3. The van der Waals surface area contributed by atoms with Gasteiger partial charge in [-0.2, -0.15) is 0 Å². The first-order valence-corrected chi connectivity index (χ1v) is 8.17. The average molecular weight is 333 g/mol. The lowest BCUT2D eigenvalue weighted by Gasteiger charge is -2.29. The number of rotatable bonds is 6. The maximum atomic E-state index is 12.5. The summed E-state index contributed by atoms with van der Waals surface area (Å²) >= 11 is 0. The Labute approximate surface area is 140 Å². The van der Waals surface area contributed by atoms with Gasteiger partial charge in [-0.15, -0.1) is 0 Å². The Hall–Kier alpha value is -2.51. The van der Waals surface area contributed by atoms with Gasteiger partial charge in [-0.3, -0.25) is 19.4 Å². The molecule has 3 N–H and O–H groups in total. The van der Waals surface area contributed by atoms with Crippen LogP contribution in [0.15, 0.2) is 18.6 Å². The van der Waals surface area contributed by atoms with E-state index >= 15 is 0 Å². The number of aromatic nitrogens is 2. The van der Waals surface area contributed by atoms with Crippen molar-refractivity contribution in [3.8, 4) is 0 Å². The number of nitrogens with one attached hydrogen (secondary N) is 3. The molecular formula is C16H23N5O3. The summed E-state index contributed by atoms with van der Waals surface area (Å²) in [6, 6.07) is -0.676. The van der Waals surface area contributed by atoms with E-state index in [1.54, 1.807) is 0 Å². The largest absolute Gasteiger partial charge is 0.358 e. The minimum absolute atomic E-state index is 0.0593. The van der Waals surface area contributed by atoms with Crippen LogP contribution in [-0.4, -0.2) is 47.3 Å². The summed E-state index contributed by atoms with van der Waals surface area (Å²) in [6.45, 7) is -0.112. The van der Waals surface area contributed by atoms with E-state index in [0.29, 0.717) is 0 Å². The van der Waals surface area contributed by atoms with Gasteiger partial charge in [-0.1, -0.05) is 19.3 Å². The highest BCUT2D eigenvalue weighted by atomic mass is 16.2. The zero-order chi connectivity index (χ0) is 17.4. The third kappa shape index (κ3) is 5.00. The molecule has 0 aromatic carbocycles. The van der Waals surface area contributed by atoms with E-state index in [-0.39, 0.29) is 30.0 Å². The van der Waals surface area contributed by atoms with E-state index in [0.717, 1.165) is 32.1 Å². The summed E-state index contributed by atoms with van der Waals surface area (Å²) in [4.78, 5) is 44.0. The highest BCUT2D eigenvalue weighted by molar-refractivity contribution is 5.96. The van der Waals surface area contributed by atoms with Crippen LogP contribution in [0.1, 0.15) is 42.6 Å². The second kappa shape index (κ2) is 8.95. The standard InChI is InChI=1S/C16H23N5O3/c1-17-13(22)10-20-16(24)14(11-5-3-2-4-6-11)21-15(23)12-9-18-7-8-19-12/h7-9,11,14H,2-6,10H2,1H3,(H,17,22)(H,20,24)(H,21,23). The molecule has 1 heterocycles. The first-order valence-electron chi connectivity index (χ1n) is 8.17. The van der Waals surface area contributed by atoms with Crippen molar-refractivity contribution < 1.29 is 14.4 Å². The Morgan fingerprint density at radius 2 is 1.96 bits per heavy atom. The number of likely N-dealkylation sites (N-methyl/N-ethyl adjacent to an activating group) is 1. The van der Waals surface area contributed by atoms with Gasteiger partial charge in [0.2, 0.25) is 11.8 Å². The second-order valence-electron chi connectivity index (χ2n) is 5.83. The van der Waals surface area contributed by atoms with Gasteiger partial charge in [-0.25, -0.2) is 4.98 Å². The first-order chi connectivity index (χ1) is 11.6. The molecule has 0 bridgehead atoms. The van der Waals surface area contributed by atoms with Crippen molar-refractivity contribution in [1.29, 1.82) is 0 Å². The summed E-state index contributed by atoms with van der Waals surface area (Å²) in [5.74, 6) is -1.01. The predicted molar refractivity (Wildman–Crippen MR) is 86.9 cm³/mol. The molecule has 1 saturated carbocycles. The molecule has 1 unspecified atom stereocenters. The lowest BCUT2D eigenvalue weighted by molar-refractivity contribution is -0.128. The molecule has 1 aliphatic rings. The maximum absolute atomic E-state index is 12.5. The minimum atomic E-state index is -0.676. The zero-order valence-corrected chi connectivity index (χ0v) is 13.7. The van der Waals surface area contributed by atoms with E-state index in [1.165, 1.54) is 25.6 Å². The highest BCUT2D eigenvalue weighted by Gasteiger charge is 2.31. The smallest absolute Gasteiger partial charge is 0.272 e. The zero-order valence-electron chi connectivity index (χ0n) is 13.7. The molecule has 130 valence electrons. The summed E-state index contributed by atoms with van der Waals surface area (Å²) in [5, 5.41) is 7.79. The average Bonchev–Trinajstić information content (AvgIpc) is 2.65. The molecule has 1 aromatic rings. The van der Waals surface area contributed by atoms with E-state index in [4.69, 9.17) is 0 Å². The fraction of sp³-hybridized carbons (Fsp3) is 0.562. The molecule has 0 aliphatic heterocycles. The molecule has 8 nitrogen and oxygen atoms in total. The van der Waals surface area contributed by atoms with E-state index in [2.05, 4.69) is 25.9 Å². The number of carbonyl (C=O) groups is 3. The molecule has 1 aliphatic carbocycles. The summed E-state index contributed by atoms with van der Waals surface area (Å²) in [5.41, 5.74) is 0.164. The third-order valence-corrected chi connectivity index (χ3v) is 4.19. The van der Waals surface area contributed by atoms with Gasteiger partial charge < -0.3 is 16.0 Å². The molecule has 8 heteroatoms. The fourth-order valence-electron chi connectivity index (χ4n) is 2.86. The molecule has 1 atom stereocenters. The van der Waals surface area contributed by atoms with Crippen molar-refractivity contribution in [3.63, 3.8) is 0 Å². The molecule has 0 radical (unpaired) electrons. The van der Waals surface area contributed by atoms with Gasteiger partial charge in [0.15, 0.2) is 0 Å². The Morgan fingerprint density at radius 1 is 1.21 bits per heavy atom. The monoisotopic (exact) mass is 333 g/mol. The van der Waals surface area contributed by atoms with Crippen molar-refractivity contribution in [2.75, 3.05) is 13.6 Å². The SMILES string of the molecule is CNC(=O)CNC(=O)C(NC(=O)c1cnccn1)C1CCCCC1. The van der Waals surface area contributed by atoms with Crippen LogP contribution in [0.25, 0.3) is 0 Å². The predicted octanol–water partition coefficient (Wildman–Crippen LogP) is 0.0175. The number of amides is 3. The van der Waals surface area contributed by atoms with Crippen LogP contribution in [0.4, 0.5) is 0 Å². The van der Waals surface area contributed by atoms with Gasteiger partial charge >= 0.3 is 0 Å². The topological polar surface area (TPSA) is 113 Å². The highest BCUT2D eigenvalue weighted by Crippen LogP contribution is 2.26. The summed E-state index contributed by atoms with van der Waals surface area (Å²) in [6.07, 6.45) is 9.21. The third-order valence-electron chi connectivity index (χ3n) is 4.19. The van der Waals surface area contributed by atoms with Gasteiger partial charge in [0.05, 0.1) is 12.7 Å². The van der Waals surface area contributed by atoms with Gasteiger partial charge in [0.1, 0.15) is 11.7 Å². The van der Waals surface area contributed by atoms with Gasteiger partial charge in [-0.05, 0) is 18.8 Å². The van der Waals surface area contributed by atoms with Crippen LogP contribution >= 0.6 is 0 Å². The Morgan fingerprint density at radius 3 is 2.58 bits per heavy atom. The number of nitrogens with zero attached hydrogens (tertiary/aromatic N) is 2. The molecule has 0 saturated heterocycles. The Bertz CT molecular complexity index is 572. The van der Waals surface area contributed by atoms with Crippen LogP contribution < -0.4 is 16.0 Å². The maximum Gasteiger partial charge on any atom is 0.272 e.